The van der Waals surface area contributed by atoms with Gasteiger partial charge in [-0.15, -0.1) is 0 Å². The van der Waals surface area contributed by atoms with Crippen LogP contribution in [0.4, 0.5) is 0 Å². The molecule has 0 atom stereocenters. The van der Waals surface area contributed by atoms with Crippen LogP contribution in [0.15, 0.2) is 121 Å². The van der Waals surface area contributed by atoms with Gasteiger partial charge in [0.25, 0.3) is 0 Å². The molecule has 4 aromatic carbocycles. The van der Waals surface area contributed by atoms with Crippen LogP contribution in [0.1, 0.15) is 0 Å². The molecule has 4 rings (SSSR count). The molecule has 28 heavy (non-hydrogen) atoms. The van der Waals surface area contributed by atoms with Gasteiger partial charge in [0.1, 0.15) is 6.15 Å². The first-order chi connectivity index (χ1) is 13.4. The summed E-state index contributed by atoms with van der Waals surface area (Å²) in [6.45, 7) is 0. The van der Waals surface area contributed by atoms with E-state index in [-0.39, 0.29) is 29.6 Å². The van der Waals surface area contributed by atoms with Crippen molar-refractivity contribution < 1.29 is 34.7 Å². The van der Waals surface area contributed by atoms with Crippen LogP contribution in [0.3, 0.4) is 0 Å². The molecule has 0 spiro atoms. The van der Waals surface area contributed by atoms with Crippen molar-refractivity contribution in [2.45, 2.75) is 0 Å². The maximum atomic E-state index is 7.00. The third-order valence-corrected chi connectivity index (χ3v) is 5.20. The van der Waals surface area contributed by atoms with E-state index in [0.29, 0.717) is 0 Å². The first-order valence-electron chi connectivity index (χ1n) is 9.24. The molecule has 0 saturated heterocycles. The summed E-state index contributed by atoms with van der Waals surface area (Å²) in [7, 11) is 1.00. The van der Waals surface area contributed by atoms with Crippen LogP contribution in [0.25, 0.3) is 0 Å². The number of rotatable bonds is 4. The minimum atomic E-state index is -1.22. The molecular formula is C25H24BNaO. The zero-order valence-electron chi connectivity index (χ0n) is 16.6. The second-order valence-corrected chi connectivity index (χ2v) is 6.51. The Morgan fingerprint density at radius 3 is 0.750 bits per heavy atom. The molecular weight excluding hydrogens is 350 g/mol. The maximum Gasteiger partial charge on any atom is 1.00 e. The molecule has 1 nitrogen and oxygen atoms in total. The predicted molar refractivity (Wildman–Crippen MR) is 118 cm³/mol. The van der Waals surface area contributed by atoms with Crippen molar-refractivity contribution >= 4 is 28.0 Å². The van der Waals surface area contributed by atoms with E-state index in [1.165, 1.54) is 21.9 Å². The fourth-order valence-corrected chi connectivity index (χ4v) is 4.12. The van der Waals surface area contributed by atoms with E-state index >= 15 is 0 Å². The molecule has 0 radical (unpaired) electrons. The van der Waals surface area contributed by atoms with Crippen LogP contribution < -0.4 is 51.4 Å². The first kappa shape index (κ1) is 22.2. The van der Waals surface area contributed by atoms with Gasteiger partial charge in [0.05, 0.1) is 0 Å². The normalized spacial score (nSPS) is 10.2. The van der Waals surface area contributed by atoms with Crippen molar-refractivity contribution in [1.29, 1.82) is 0 Å². The summed E-state index contributed by atoms with van der Waals surface area (Å²) in [5, 5.41) is 7.00. The Hall–Kier alpha value is -2.10. The van der Waals surface area contributed by atoms with E-state index in [1.807, 2.05) is 0 Å². The zero-order chi connectivity index (χ0) is 19.0. The maximum absolute atomic E-state index is 7.00. The molecule has 0 aliphatic rings. The fourth-order valence-electron chi connectivity index (χ4n) is 4.12. The molecule has 0 fully saturated rings. The zero-order valence-corrected chi connectivity index (χ0v) is 18.6. The Bertz CT molecular complexity index is 766. The van der Waals surface area contributed by atoms with E-state index < -0.39 is 6.15 Å². The van der Waals surface area contributed by atoms with Crippen LogP contribution in [0.5, 0.6) is 0 Å². The van der Waals surface area contributed by atoms with Crippen molar-refractivity contribution in [2.24, 2.45) is 0 Å². The summed E-state index contributed by atoms with van der Waals surface area (Å²) in [5.74, 6) is 0. The number of aliphatic hydroxyl groups is 1. The fraction of sp³-hybridized carbons (Fsp3) is 0.0400. The molecule has 0 aromatic heterocycles. The van der Waals surface area contributed by atoms with Crippen LogP contribution in [-0.2, 0) is 0 Å². The average molecular weight is 374 g/mol. The minimum absolute atomic E-state index is 0. The summed E-state index contributed by atoms with van der Waals surface area (Å²) < 4.78 is 0. The van der Waals surface area contributed by atoms with E-state index in [4.69, 9.17) is 5.11 Å². The molecule has 0 heterocycles. The van der Waals surface area contributed by atoms with Gasteiger partial charge >= 0.3 is 29.6 Å². The van der Waals surface area contributed by atoms with Crippen molar-refractivity contribution in [1.82, 2.24) is 0 Å². The van der Waals surface area contributed by atoms with Crippen molar-refractivity contribution in [3.05, 3.63) is 121 Å². The van der Waals surface area contributed by atoms with Gasteiger partial charge in [-0.05, 0) is 0 Å². The van der Waals surface area contributed by atoms with Gasteiger partial charge in [0.2, 0.25) is 0 Å². The number of hydrogen-bond donors (Lipinski definition) is 1. The van der Waals surface area contributed by atoms with Crippen molar-refractivity contribution in [3.8, 4) is 0 Å². The number of benzene rings is 4. The van der Waals surface area contributed by atoms with Gasteiger partial charge in [-0.25, -0.2) is 0 Å². The van der Waals surface area contributed by atoms with Gasteiger partial charge < -0.3 is 5.11 Å². The Morgan fingerprint density at radius 1 is 0.393 bits per heavy atom. The van der Waals surface area contributed by atoms with Gasteiger partial charge in [-0.3, -0.25) is 0 Å². The summed E-state index contributed by atoms with van der Waals surface area (Å²) in [4.78, 5) is 0. The van der Waals surface area contributed by atoms with Gasteiger partial charge in [-0.1, -0.05) is 121 Å². The predicted octanol–water partition coefficient (Wildman–Crippen LogP) is -0.323. The van der Waals surface area contributed by atoms with Crippen LogP contribution in [-0.4, -0.2) is 18.4 Å². The van der Waals surface area contributed by atoms with E-state index in [0.717, 1.165) is 7.11 Å². The molecule has 1 N–H and O–H groups in total. The average Bonchev–Trinajstić information content (AvgIpc) is 2.79. The minimum Gasteiger partial charge on any atom is -0.400 e. The smallest absolute Gasteiger partial charge is 0.400 e. The summed E-state index contributed by atoms with van der Waals surface area (Å²) in [6, 6.07) is 43.5. The summed E-state index contributed by atoms with van der Waals surface area (Å²) in [6.07, 6.45) is -1.22. The van der Waals surface area contributed by atoms with Crippen LogP contribution in [0, 0.1) is 0 Å². The van der Waals surface area contributed by atoms with Gasteiger partial charge in [-0.2, -0.15) is 21.9 Å². The van der Waals surface area contributed by atoms with Crippen molar-refractivity contribution in [3.63, 3.8) is 0 Å². The van der Waals surface area contributed by atoms with E-state index in [1.54, 1.807) is 0 Å². The molecule has 0 bridgehead atoms. The van der Waals surface area contributed by atoms with Gasteiger partial charge in [0.15, 0.2) is 0 Å². The standard InChI is InChI=1S/C24H20B.CH4O.Na/c1-5-13-21(14-6-1)25(22-15-7-2-8-16-22,23-17-9-3-10-18-23)24-19-11-4-12-20-24;1-2;/h1-20H;2H,1H3;/q-1;;+1. The molecule has 0 saturated carbocycles. The van der Waals surface area contributed by atoms with Gasteiger partial charge in [0, 0.05) is 7.11 Å². The second kappa shape index (κ2) is 11.0. The Morgan fingerprint density at radius 2 is 0.571 bits per heavy atom. The Kier molecular flexibility index (Phi) is 8.75. The largest absolute Gasteiger partial charge is 1.00 e. The topological polar surface area (TPSA) is 20.2 Å². The van der Waals surface area contributed by atoms with E-state index in [9.17, 15) is 0 Å². The van der Waals surface area contributed by atoms with Crippen molar-refractivity contribution in [2.75, 3.05) is 7.11 Å². The third-order valence-electron chi connectivity index (χ3n) is 5.20. The monoisotopic (exact) mass is 374 g/mol. The Labute approximate surface area is 190 Å². The third kappa shape index (κ3) is 4.32. The number of aliphatic hydroxyl groups excluding tert-OH is 1. The molecule has 134 valence electrons. The second-order valence-electron chi connectivity index (χ2n) is 6.51. The molecule has 0 unspecified atom stereocenters. The van der Waals surface area contributed by atoms with Crippen LogP contribution in [0.2, 0.25) is 0 Å². The summed E-state index contributed by atoms with van der Waals surface area (Å²) >= 11 is 0. The summed E-state index contributed by atoms with van der Waals surface area (Å²) in [5.41, 5.74) is 5.36. The SMILES string of the molecule is CO.[Na+].c1ccc([B-](c2ccccc2)(c2ccccc2)c2ccccc2)cc1. The molecule has 3 heteroatoms. The molecule has 4 aromatic rings. The van der Waals surface area contributed by atoms with Crippen LogP contribution >= 0.6 is 0 Å². The van der Waals surface area contributed by atoms with E-state index in [2.05, 4.69) is 121 Å². The first-order valence-corrected chi connectivity index (χ1v) is 9.24. The number of hydrogen-bond acceptors (Lipinski definition) is 1. The molecule has 0 aliphatic carbocycles. The quantitative estimate of drug-likeness (QED) is 0.486. The Balaban J connectivity index is 0.000000906. The molecule has 0 aliphatic heterocycles. The molecule has 0 amide bonds.